The van der Waals surface area contributed by atoms with Gasteiger partial charge >= 0.3 is 0 Å². The number of para-hydroxylation sites is 1. The van der Waals surface area contributed by atoms with Crippen molar-refractivity contribution >= 4 is 75.3 Å². The van der Waals surface area contributed by atoms with E-state index in [-0.39, 0.29) is 79.9 Å². The second-order valence-corrected chi connectivity index (χ2v) is 14.6. The van der Waals surface area contributed by atoms with E-state index in [0.29, 0.717) is 22.2 Å². The minimum Gasteiger partial charge on any atom is -0.456 e. The van der Waals surface area contributed by atoms with E-state index in [1.54, 1.807) is 72.0 Å². The predicted molar refractivity (Wildman–Crippen MR) is 236 cm³/mol. The fourth-order valence-corrected chi connectivity index (χ4v) is 8.95. The molecule has 266 valence electrons. The van der Waals surface area contributed by atoms with Gasteiger partial charge in [0.1, 0.15) is 11.2 Å². The summed E-state index contributed by atoms with van der Waals surface area (Å²) in [7, 11) is 0. The number of hydrogen-bond donors (Lipinski definition) is 0. The van der Waals surface area contributed by atoms with Gasteiger partial charge in [-0.1, -0.05) is 145 Å². The maximum Gasteiger partial charge on any atom is 0.238 e. The van der Waals surface area contributed by atoms with Gasteiger partial charge in [0.15, 0.2) is 11.6 Å². The molecule has 8 aromatic carbocycles. The van der Waals surface area contributed by atoms with Crippen molar-refractivity contribution < 1.29 is 18.1 Å². The summed E-state index contributed by atoms with van der Waals surface area (Å²) >= 11 is 1.66. The van der Waals surface area contributed by atoms with E-state index in [1.165, 1.54) is 0 Å². The molecule has 0 saturated heterocycles. The van der Waals surface area contributed by atoms with Crippen LogP contribution in [0.15, 0.2) is 186 Å². The summed E-state index contributed by atoms with van der Waals surface area (Å²) < 4.78 is 103. The van der Waals surface area contributed by atoms with Crippen molar-refractivity contribution in [1.82, 2.24) is 19.5 Å². The van der Waals surface area contributed by atoms with Gasteiger partial charge in [-0.25, -0.2) is 4.98 Å². The number of nitrogens with zero attached hydrogens (tertiary/aromatic N) is 4. The molecule has 0 atom stereocenters. The SMILES string of the molecule is [2H]c1c([2H])c(-c2nc(-c3c([2H])c([2H])c4c(oc5c([2H])c([2H])c([2H])c(-c6ccccc6)c54)c3[2H])nc(-n3c4ccccc4c4c5sc6ccccc6c5ccc43)n2)c([2H])c([2H])c1-c1ccccc1. The molecule has 0 amide bonds. The van der Waals surface area contributed by atoms with Crippen LogP contribution in [0.4, 0.5) is 0 Å². The Morgan fingerprint density at radius 1 is 0.474 bits per heavy atom. The van der Waals surface area contributed by atoms with Crippen LogP contribution in [0, 0.1) is 0 Å². The maximum absolute atomic E-state index is 9.71. The molecule has 0 unspecified atom stereocenters. The first kappa shape index (κ1) is 23.5. The topological polar surface area (TPSA) is 56.7 Å². The lowest BCUT2D eigenvalue weighted by Crippen LogP contribution is -2.06. The highest BCUT2D eigenvalue weighted by Crippen LogP contribution is 2.43. The zero-order valence-corrected chi connectivity index (χ0v) is 30.5. The van der Waals surface area contributed by atoms with Gasteiger partial charge in [0.2, 0.25) is 5.95 Å². The Morgan fingerprint density at radius 2 is 1.16 bits per heavy atom. The third kappa shape index (κ3) is 5.04. The Labute approximate surface area is 344 Å². The molecular weight excluding hydrogens is 717 g/mol. The van der Waals surface area contributed by atoms with Crippen molar-refractivity contribution in [2.45, 2.75) is 0 Å². The highest BCUT2D eigenvalue weighted by Gasteiger charge is 2.21. The largest absolute Gasteiger partial charge is 0.456 e. The highest BCUT2D eigenvalue weighted by atomic mass is 32.1. The molecule has 5 nitrogen and oxygen atoms in total. The molecule has 4 aromatic heterocycles. The number of fused-ring (bicyclic) bond motifs is 10. The molecule has 12 aromatic rings. The molecule has 0 fully saturated rings. The lowest BCUT2D eigenvalue weighted by atomic mass is 9.99. The summed E-state index contributed by atoms with van der Waals surface area (Å²) in [6.07, 6.45) is 0. The molecule has 57 heavy (non-hydrogen) atoms. The molecule has 0 bridgehead atoms. The van der Waals surface area contributed by atoms with Crippen LogP contribution in [0.1, 0.15) is 13.7 Å². The Bertz CT molecular complexity index is 4090. The zero-order chi connectivity index (χ0) is 46.2. The van der Waals surface area contributed by atoms with E-state index in [9.17, 15) is 9.60 Å². The molecule has 0 N–H and O–H groups in total. The Kier molecular flexibility index (Phi) is 5.18. The molecule has 0 radical (unpaired) electrons. The van der Waals surface area contributed by atoms with E-state index >= 15 is 0 Å². The van der Waals surface area contributed by atoms with E-state index in [1.807, 2.05) is 53.1 Å². The number of hydrogen-bond acceptors (Lipinski definition) is 5. The van der Waals surface area contributed by atoms with Crippen molar-refractivity contribution in [3.63, 3.8) is 0 Å². The fourth-order valence-electron chi connectivity index (χ4n) is 7.69. The molecular formula is C51H30N4OS. The van der Waals surface area contributed by atoms with Gasteiger partial charge < -0.3 is 4.42 Å². The predicted octanol–water partition coefficient (Wildman–Crippen LogP) is 13.9. The van der Waals surface area contributed by atoms with Crippen LogP contribution in [-0.4, -0.2) is 19.5 Å². The number of thiophene rings is 1. The lowest BCUT2D eigenvalue weighted by molar-refractivity contribution is 0.669. The van der Waals surface area contributed by atoms with Crippen molar-refractivity contribution in [1.29, 1.82) is 0 Å². The second-order valence-electron chi connectivity index (χ2n) is 13.6. The van der Waals surface area contributed by atoms with Crippen molar-refractivity contribution in [2.24, 2.45) is 0 Å². The van der Waals surface area contributed by atoms with Crippen LogP contribution < -0.4 is 0 Å². The van der Waals surface area contributed by atoms with Gasteiger partial charge in [0.05, 0.1) is 24.7 Å². The molecule has 0 aliphatic carbocycles. The smallest absolute Gasteiger partial charge is 0.238 e. The highest BCUT2D eigenvalue weighted by molar-refractivity contribution is 7.26. The normalized spacial score (nSPS) is 14.3. The van der Waals surface area contributed by atoms with E-state index in [2.05, 4.69) is 12.1 Å². The molecule has 12 rings (SSSR count). The van der Waals surface area contributed by atoms with Crippen LogP contribution in [0.5, 0.6) is 0 Å². The van der Waals surface area contributed by atoms with E-state index in [4.69, 9.17) is 23.5 Å². The maximum atomic E-state index is 9.71. The summed E-state index contributed by atoms with van der Waals surface area (Å²) in [4.78, 5) is 14.7. The molecule has 0 aliphatic rings. The van der Waals surface area contributed by atoms with Crippen molar-refractivity contribution in [3.8, 4) is 51.0 Å². The summed E-state index contributed by atoms with van der Waals surface area (Å²) in [5.74, 6) is -0.554. The Morgan fingerprint density at radius 3 is 1.98 bits per heavy atom. The number of benzene rings is 8. The quantitative estimate of drug-likeness (QED) is 0.175. The second kappa shape index (κ2) is 12.6. The first-order chi connectivity index (χ1) is 32.4. The Balaban J connectivity index is 1.19. The van der Waals surface area contributed by atoms with E-state index < -0.39 is 42.3 Å². The molecule has 6 heteroatoms. The molecule has 0 aliphatic heterocycles. The Hall–Kier alpha value is -7.41. The number of furan rings is 1. The van der Waals surface area contributed by atoms with Crippen LogP contribution in [-0.2, 0) is 0 Å². The zero-order valence-electron chi connectivity index (χ0n) is 39.7. The average molecular weight is 757 g/mol. The van der Waals surface area contributed by atoms with Gasteiger partial charge in [-0.3, -0.25) is 4.57 Å². The molecule has 4 heterocycles. The first-order valence-electron chi connectivity index (χ1n) is 23.2. The monoisotopic (exact) mass is 756 g/mol. The van der Waals surface area contributed by atoms with Crippen molar-refractivity contribution in [2.75, 3.05) is 0 Å². The van der Waals surface area contributed by atoms with Gasteiger partial charge in [-0.2, -0.15) is 9.97 Å². The minimum absolute atomic E-state index is 0.00920. The van der Waals surface area contributed by atoms with Crippen LogP contribution in [0.2, 0.25) is 0 Å². The first-order valence-corrected chi connectivity index (χ1v) is 19.0. The third-order valence-electron chi connectivity index (χ3n) is 10.3. The van der Waals surface area contributed by atoms with E-state index in [0.717, 1.165) is 30.9 Å². The number of aromatic nitrogens is 4. The minimum atomic E-state index is -0.483. The average Bonchev–Trinajstić information content (AvgIpc) is 4.04. The van der Waals surface area contributed by atoms with Gasteiger partial charge in [0, 0.05) is 52.8 Å². The third-order valence-corrected chi connectivity index (χ3v) is 11.5. The summed E-state index contributed by atoms with van der Waals surface area (Å²) in [5.41, 5.74) is 1.94. The van der Waals surface area contributed by atoms with Gasteiger partial charge in [-0.05, 0) is 58.6 Å². The summed E-state index contributed by atoms with van der Waals surface area (Å²) in [5, 5.41) is 4.15. The standard InChI is InChI=1S/C51H30N4OS/c1-3-12-31(13-4-1)32-22-24-34(25-23-32)49-52-50(35-26-27-40-44(30-35)56-43-20-11-18-36(46(40)43)33-14-5-2-6-15-33)54-51(53-49)55-41-19-9-7-17-39(41)47-42(55)29-28-38-37-16-8-10-21-45(37)57-48(38)47/h1-30H/i11D,18D,20D,22D,23D,24D,25D,26D,27D,30D. The van der Waals surface area contributed by atoms with Crippen LogP contribution in [0.3, 0.4) is 0 Å². The van der Waals surface area contributed by atoms with Gasteiger partial charge in [-0.15, -0.1) is 11.3 Å². The molecule has 0 spiro atoms. The van der Waals surface area contributed by atoms with Gasteiger partial charge in [0.25, 0.3) is 0 Å². The van der Waals surface area contributed by atoms with Crippen molar-refractivity contribution in [3.05, 3.63) is 182 Å². The fraction of sp³-hybridized carbons (Fsp3) is 0. The molecule has 0 saturated carbocycles. The van der Waals surface area contributed by atoms with Crippen LogP contribution in [0.25, 0.3) is 115 Å². The summed E-state index contributed by atoms with van der Waals surface area (Å²) in [6, 6.07) is 33.6. The van der Waals surface area contributed by atoms with Crippen LogP contribution >= 0.6 is 11.3 Å². The summed E-state index contributed by atoms with van der Waals surface area (Å²) in [6.45, 7) is 0. The lowest BCUT2D eigenvalue weighted by Gasteiger charge is -2.11. The number of rotatable bonds is 5.